The number of carbonyl (C=O) groups is 1. The van der Waals surface area contributed by atoms with Gasteiger partial charge in [0.2, 0.25) is 0 Å². The van der Waals surface area contributed by atoms with Gasteiger partial charge in [-0.25, -0.2) is 9.37 Å². The van der Waals surface area contributed by atoms with Crippen molar-refractivity contribution in [1.82, 2.24) is 9.55 Å². The lowest BCUT2D eigenvalue weighted by atomic mass is 10.2. The number of benzene rings is 1. The first-order chi connectivity index (χ1) is 12.3. The van der Waals surface area contributed by atoms with Gasteiger partial charge in [-0.3, -0.25) is 4.79 Å². The number of primary amides is 1. The minimum Gasteiger partial charge on any atom is -0.366 e. The molecule has 1 aromatic carbocycles. The maximum absolute atomic E-state index is 13.2. The fourth-order valence-corrected chi connectivity index (χ4v) is 3.64. The van der Waals surface area contributed by atoms with E-state index in [4.69, 9.17) is 5.73 Å². The molecule has 0 aliphatic heterocycles. The highest BCUT2D eigenvalue weighted by Crippen LogP contribution is 2.30. The van der Waals surface area contributed by atoms with E-state index in [-0.39, 0.29) is 11.9 Å². The van der Waals surface area contributed by atoms with Crippen LogP contribution in [0.3, 0.4) is 0 Å². The number of aromatic nitrogens is 2. The van der Waals surface area contributed by atoms with E-state index in [9.17, 15) is 9.18 Å². The van der Waals surface area contributed by atoms with Gasteiger partial charge < -0.3 is 15.6 Å². The Hall–Kier alpha value is -2.67. The number of carbonyl (C=O) groups excluding carboxylic acids is 1. The molecule has 0 unspecified atom stereocenters. The Bertz CT molecular complexity index is 928. The molecule has 3 aromatic rings. The fourth-order valence-electron chi connectivity index (χ4n) is 2.79. The summed E-state index contributed by atoms with van der Waals surface area (Å²) >= 11 is 1.51. The number of anilines is 1. The van der Waals surface area contributed by atoms with Crippen LogP contribution in [0.1, 0.15) is 35.5 Å². The Morgan fingerprint density at radius 3 is 2.65 bits per heavy atom. The maximum Gasteiger partial charge on any atom is 0.250 e. The van der Waals surface area contributed by atoms with E-state index < -0.39 is 5.91 Å². The second-order valence-electron chi connectivity index (χ2n) is 6.44. The van der Waals surface area contributed by atoms with Crippen molar-refractivity contribution in [1.29, 1.82) is 0 Å². The molecule has 7 heteroatoms. The first-order valence-corrected chi connectivity index (χ1v) is 9.20. The highest BCUT2D eigenvalue weighted by Gasteiger charge is 2.19. The molecular weight excluding hydrogens is 351 g/mol. The van der Waals surface area contributed by atoms with E-state index in [2.05, 4.69) is 10.3 Å². The van der Waals surface area contributed by atoms with Gasteiger partial charge >= 0.3 is 0 Å². The minimum absolute atomic E-state index is 0.278. The molecule has 26 heavy (non-hydrogen) atoms. The number of rotatable bonds is 6. The van der Waals surface area contributed by atoms with Gasteiger partial charge in [0, 0.05) is 23.7 Å². The lowest BCUT2D eigenvalue weighted by Gasteiger charge is -2.11. The topological polar surface area (TPSA) is 72.9 Å². The van der Waals surface area contributed by atoms with Gasteiger partial charge in [-0.1, -0.05) is 12.1 Å². The summed E-state index contributed by atoms with van der Waals surface area (Å²) in [7, 11) is 0. The molecule has 0 aliphatic rings. The quantitative estimate of drug-likeness (QED) is 0.686. The first kappa shape index (κ1) is 18.1. The molecule has 2 heterocycles. The first-order valence-electron chi connectivity index (χ1n) is 8.32. The predicted octanol–water partition coefficient (Wildman–Crippen LogP) is 4.03. The highest BCUT2D eigenvalue weighted by atomic mass is 32.1. The molecule has 0 bridgehead atoms. The number of halogens is 1. The normalized spacial score (nSPS) is 11.1. The Balaban J connectivity index is 2.03. The number of nitrogens with two attached hydrogens (primary N) is 1. The van der Waals surface area contributed by atoms with Crippen LogP contribution in [-0.4, -0.2) is 21.5 Å². The lowest BCUT2D eigenvalue weighted by Crippen LogP contribution is -2.12. The van der Waals surface area contributed by atoms with Gasteiger partial charge in [0.1, 0.15) is 5.82 Å². The fraction of sp³-hybridized carbons (Fsp3) is 0.263. The Labute approximate surface area is 155 Å². The third-order valence-electron chi connectivity index (χ3n) is 4.06. The van der Waals surface area contributed by atoms with Crippen LogP contribution in [0.5, 0.6) is 0 Å². The SMILES string of the molecule is Cc1c(C(N)=O)cc(-c2csc(NC(C)C)n2)n1Cc1ccc(F)cc1. The second kappa shape index (κ2) is 7.29. The van der Waals surface area contributed by atoms with Crippen LogP contribution in [0.4, 0.5) is 9.52 Å². The number of hydrogen-bond acceptors (Lipinski definition) is 4. The van der Waals surface area contributed by atoms with Gasteiger partial charge in [0.05, 0.1) is 17.0 Å². The van der Waals surface area contributed by atoms with Crippen LogP contribution in [0, 0.1) is 12.7 Å². The van der Waals surface area contributed by atoms with Gasteiger partial charge in [-0.05, 0) is 44.5 Å². The molecule has 2 aromatic heterocycles. The molecule has 5 nitrogen and oxygen atoms in total. The van der Waals surface area contributed by atoms with Crippen molar-refractivity contribution in [3.05, 3.63) is 58.3 Å². The molecule has 0 aliphatic carbocycles. The number of nitrogens with one attached hydrogen (secondary N) is 1. The summed E-state index contributed by atoms with van der Waals surface area (Å²) in [5.74, 6) is -0.753. The molecule has 0 spiro atoms. The number of thiazole rings is 1. The predicted molar refractivity (Wildman–Crippen MR) is 103 cm³/mol. The van der Waals surface area contributed by atoms with Crippen LogP contribution < -0.4 is 11.1 Å². The van der Waals surface area contributed by atoms with Crippen molar-refractivity contribution < 1.29 is 9.18 Å². The van der Waals surface area contributed by atoms with E-state index in [0.29, 0.717) is 12.1 Å². The zero-order chi connectivity index (χ0) is 18.8. The molecule has 0 saturated heterocycles. The molecule has 3 N–H and O–H groups in total. The van der Waals surface area contributed by atoms with Crippen LogP contribution in [0.25, 0.3) is 11.4 Å². The molecule has 136 valence electrons. The molecule has 0 radical (unpaired) electrons. The van der Waals surface area contributed by atoms with E-state index in [1.807, 2.05) is 30.7 Å². The van der Waals surface area contributed by atoms with Crippen molar-refractivity contribution in [2.75, 3.05) is 5.32 Å². The number of amides is 1. The average molecular weight is 372 g/mol. The molecular formula is C19H21FN4OS. The lowest BCUT2D eigenvalue weighted by molar-refractivity contribution is 0.0999. The summed E-state index contributed by atoms with van der Waals surface area (Å²) in [6.45, 7) is 6.45. The summed E-state index contributed by atoms with van der Waals surface area (Å²) in [6, 6.07) is 8.37. The van der Waals surface area contributed by atoms with Gasteiger partial charge in [0.15, 0.2) is 5.13 Å². The van der Waals surface area contributed by atoms with E-state index in [1.54, 1.807) is 18.2 Å². The average Bonchev–Trinajstić information content (AvgIpc) is 3.14. The van der Waals surface area contributed by atoms with E-state index in [1.165, 1.54) is 23.5 Å². The van der Waals surface area contributed by atoms with Gasteiger partial charge in [-0.2, -0.15) is 0 Å². The van der Waals surface area contributed by atoms with Crippen LogP contribution in [0.2, 0.25) is 0 Å². The van der Waals surface area contributed by atoms with Crippen molar-refractivity contribution in [3.8, 4) is 11.4 Å². The summed E-state index contributed by atoms with van der Waals surface area (Å²) < 4.78 is 15.2. The summed E-state index contributed by atoms with van der Waals surface area (Å²) in [5.41, 5.74) is 9.28. The van der Waals surface area contributed by atoms with Crippen molar-refractivity contribution >= 4 is 22.4 Å². The Morgan fingerprint density at radius 2 is 2.04 bits per heavy atom. The van der Waals surface area contributed by atoms with E-state index >= 15 is 0 Å². The summed E-state index contributed by atoms with van der Waals surface area (Å²) in [4.78, 5) is 16.4. The van der Waals surface area contributed by atoms with Crippen LogP contribution in [0.15, 0.2) is 35.7 Å². The van der Waals surface area contributed by atoms with Crippen LogP contribution >= 0.6 is 11.3 Å². The zero-order valence-electron chi connectivity index (χ0n) is 14.9. The second-order valence-corrected chi connectivity index (χ2v) is 7.30. The minimum atomic E-state index is -0.475. The van der Waals surface area contributed by atoms with Gasteiger partial charge in [0.25, 0.3) is 5.91 Å². The van der Waals surface area contributed by atoms with Crippen molar-refractivity contribution in [3.63, 3.8) is 0 Å². The van der Waals surface area contributed by atoms with E-state index in [0.717, 1.165) is 27.8 Å². The van der Waals surface area contributed by atoms with Crippen molar-refractivity contribution in [2.45, 2.75) is 33.4 Å². The number of nitrogens with zero attached hydrogens (tertiary/aromatic N) is 2. The monoisotopic (exact) mass is 372 g/mol. The van der Waals surface area contributed by atoms with Crippen LogP contribution in [-0.2, 0) is 6.54 Å². The molecule has 0 atom stereocenters. The Kier molecular flexibility index (Phi) is 5.08. The zero-order valence-corrected chi connectivity index (χ0v) is 15.7. The highest BCUT2D eigenvalue weighted by molar-refractivity contribution is 7.14. The third kappa shape index (κ3) is 3.77. The molecule has 0 fully saturated rings. The molecule has 1 amide bonds. The molecule has 0 saturated carbocycles. The smallest absolute Gasteiger partial charge is 0.250 e. The maximum atomic E-state index is 13.2. The van der Waals surface area contributed by atoms with Crippen molar-refractivity contribution in [2.24, 2.45) is 5.73 Å². The summed E-state index contributed by atoms with van der Waals surface area (Å²) in [5, 5.41) is 6.05. The summed E-state index contributed by atoms with van der Waals surface area (Å²) in [6.07, 6.45) is 0. The standard InChI is InChI=1S/C19H21FN4OS/c1-11(2)22-19-23-16(10-26-19)17-8-15(18(21)25)12(3)24(17)9-13-4-6-14(20)7-5-13/h4-8,10-11H,9H2,1-3H3,(H2,21,25)(H,22,23). The third-order valence-corrected chi connectivity index (χ3v) is 4.84. The largest absolute Gasteiger partial charge is 0.366 e. The molecule has 3 rings (SSSR count). The van der Waals surface area contributed by atoms with Gasteiger partial charge in [-0.15, -0.1) is 11.3 Å². The number of hydrogen-bond donors (Lipinski definition) is 2. The Morgan fingerprint density at radius 1 is 1.35 bits per heavy atom.